The normalized spacial score (nSPS) is 12.2. The summed E-state index contributed by atoms with van der Waals surface area (Å²) >= 11 is 1.57. The topological polar surface area (TPSA) is 95.5 Å². The standard InChI is InChI=1S/C25H24N4O4S/c1-4-31-21(30)11-20-28-24(26-12-17-7-5-6-14(2)27-17)23-22(15(3)34-25(23)29-20)16-8-9-18-19(10-16)33-13-32-18/h5-10H,4,11-13H2,1-3H3,(H,26,28,29). The van der Waals surface area contributed by atoms with Crippen molar-refractivity contribution >= 4 is 33.3 Å². The first-order chi connectivity index (χ1) is 16.5. The van der Waals surface area contributed by atoms with Gasteiger partial charge in [0.05, 0.1) is 24.2 Å². The third kappa shape index (κ3) is 4.38. The molecule has 4 heterocycles. The maximum atomic E-state index is 12.1. The van der Waals surface area contributed by atoms with Crippen molar-refractivity contribution in [2.45, 2.75) is 33.7 Å². The van der Waals surface area contributed by atoms with Crippen LogP contribution in [0, 0.1) is 13.8 Å². The van der Waals surface area contributed by atoms with Crippen LogP contribution in [0.15, 0.2) is 36.4 Å². The molecule has 0 fully saturated rings. The van der Waals surface area contributed by atoms with Crippen LogP contribution in [0.25, 0.3) is 21.3 Å². The highest BCUT2D eigenvalue weighted by molar-refractivity contribution is 7.19. The minimum Gasteiger partial charge on any atom is -0.466 e. The highest BCUT2D eigenvalue weighted by Gasteiger charge is 2.22. The molecule has 174 valence electrons. The number of carbonyl (C=O) groups excluding carboxylic acids is 1. The Morgan fingerprint density at radius 2 is 1.97 bits per heavy atom. The van der Waals surface area contributed by atoms with E-state index >= 15 is 0 Å². The van der Waals surface area contributed by atoms with E-state index in [2.05, 4.69) is 17.2 Å². The molecule has 0 radical (unpaired) electrons. The summed E-state index contributed by atoms with van der Waals surface area (Å²) in [6.07, 6.45) is 0.0114. The molecule has 0 unspecified atom stereocenters. The molecule has 34 heavy (non-hydrogen) atoms. The van der Waals surface area contributed by atoms with E-state index in [0.29, 0.717) is 24.8 Å². The predicted molar refractivity (Wildman–Crippen MR) is 130 cm³/mol. The highest BCUT2D eigenvalue weighted by Crippen LogP contribution is 2.44. The molecule has 0 spiro atoms. The van der Waals surface area contributed by atoms with Crippen LogP contribution >= 0.6 is 11.3 Å². The first-order valence-electron chi connectivity index (χ1n) is 11.0. The van der Waals surface area contributed by atoms with Gasteiger partial charge < -0.3 is 19.5 Å². The Bertz CT molecular complexity index is 1390. The van der Waals surface area contributed by atoms with Gasteiger partial charge in [0.15, 0.2) is 11.5 Å². The first kappa shape index (κ1) is 22.1. The van der Waals surface area contributed by atoms with Crippen LogP contribution in [0.3, 0.4) is 0 Å². The van der Waals surface area contributed by atoms with Crippen LogP contribution in [0.2, 0.25) is 0 Å². The van der Waals surface area contributed by atoms with E-state index < -0.39 is 0 Å². The zero-order valence-corrected chi connectivity index (χ0v) is 20.0. The van der Waals surface area contributed by atoms with Crippen LogP contribution in [-0.2, 0) is 22.5 Å². The molecule has 0 atom stereocenters. The SMILES string of the molecule is CCOC(=O)Cc1nc(NCc2cccc(C)n2)c2c(-c3ccc4c(c3)OCO4)c(C)sc2n1. The molecule has 1 aromatic carbocycles. The van der Waals surface area contributed by atoms with E-state index in [9.17, 15) is 4.79 Å². The third-order valence-corrected chi connectivity index (χ3v) is 6.43. The van der Waals surface area contributed by atoms with Gasteiger partial charge in [-0.1, -0.05) is 12.1 Å². The summed E-state index contributed by atoms with van der Waals surface area (Å²) in [7, 11) is 0. The second-order valence-electron chi connectivity index (χ2n) is 7.88. The smallest absolute Gasteiger partial charge is 0.313 e. The number of rotatable bonds is 7. The number of carbonyl (C=O) groups is 1. The molecule has 0 amide bonds. The molecule has 0 aliphatic carbocycles. The van der Waals surface area contributed by atoms with Crippen LogP contribution in [0.1, 0.15) is 29.0 Å². The molecular formula is C25H24N4O4S. The van der Waals surface area contributed by atoms with E-state index in [1.54, 1.807) is 18.3 Å². The molecule has 1 N–H and O–H groups in total. The molecule has 0 saturated heterocycles. The van der Waals surface area contributed by atoms with Crippen LogP contribution in [0.4, 0.5) is 5.82 Å². The summed E-state index contributed by atoms with van der Waals surface area (Å²) in [5.41, 5.74) is 3.87. The lowest BCUT2D eigenvalue weighted by atomic mass is 10.0. The lowest BCUT2D eigenvalue weighted by Crippen LogP contribution is -2.12. The number of fused-ring (bicyclic) bond motifs is 2. The molecule has 4 aromatic rings. The van der Waals surface area contributed by atoms with Gasteiger partial charge in [-0.05, 0) is 50.6 Å². The zero-order valence-electron chi connectivity index (χ0n) is 19.2. The monoisotopic (exact) mass is 476 g/mol. The molecular weight excluding hydrogens is 452 g/mol. The summed E-state index contributed by atoms with van der Waals surface area (Å²) in [5, 5.41) is 4.34. The fraction of sp³-hybridized carbons (Fsp3) is 0.280. The molecule has 9 heteroatoms. The summed E-state index contributed by atoms with van der Waals surface area (Å²) in [6.45, 7) is 6.83. The number of hydrogen-bond donors (Lipinski definition) is 1. The van der Waals surface area contributed by atoms with Gasteiger partial charge in [-0.2, -0.15) is 0 Å². The molecule has 1 aliphatic rings. The number of benzene rings is 1. The Balaban J connectivity index is 1.60. The van der Waals surface area contributed by atoms with Crippen LogP contribution in [0.5, 0.6) is 11.5 Å². The van der Waals surface area contributed by atoms with Crippen molar-refractivity contribution in [3.63, 3.8) is 0 Å². The Kier molecular flexibility index (Phi) is 6.02. The van der Waals surface area contributed by atoms with Gasteiger partial charge in [0.2, 0.25) is 6.79 Å². The molecule has 0 saturated carbocycles. The lowest BCUT2D eigenvalue weighted by Gasteiger charge is -2.11. The number of aromatic nitrogens is 3. The minimum atomic E-state index is -0.350. The average Bonchev–Trinajstić information content (AvgIpc) is 3.40. The summed E-state index contributed by atoms with van der Waals surface area (Å²) in [5.74, 6) is 2.18. The van der Waals surface area contributed by atoms with E-state index in [1.165, 1.54) is 0 Å². The number of aryl methyl sites for hydroxylation is 2. The number of anilines is 1. The van der Waals surface area contributed by atoms with Crippen molar-refractivity contribution < 1.29 is 19.0 Å². The average molecular weight is 477 g/mol. The lowest BCUT2D eigenvalue weighted by molar-refractivity contribution is -0.142. The van der Waals surface area contributed by atoms with Crippen molar-refractivity contribution in [2.24, 2.45) is 0 Å². The van der Waals surface area contributed by atoms with E-state index in [-0.39, 0.29) is 19.2 Å². The van der Waals surface area contributed by atoms with Gasteiger partial charge in [-0.25, -0.2) is 9.97 Å². The Morgan fingerprint density at radius 3 is 2.79 bits per heavy atom. The number of nitrogens with one attached hydrogen (secondary N) is 1. The van der Waals surface area contributed by atoms with Crippen LogP contribution in [-0.4, -0.2) is 34.3 Å². The Morgan fingerprint density at radius 1 is 1.12 bits per heavy atom. The van der Waals surface area contributed by atoms with E-state index in [1.807, 2.05) is 43.3 Å². The molecule has 1 aliphatic heterocycles. The quantitative estimate of drug-likeness (QED) is 0.380. The van der Waals surface area contributed by atoms with Crippen molar-refractivity contribution in [1.29, 1.82) is 0 Å². The number of hydrogen-bond acceptors (Lipinski definition) is 9. The molecule has 8 nitrogen and oxygen atoms in total. The Hall–Kier alpha value is -3.72. The maximum Gasteiger partial charge on any atom is 0.313 e. The molecule has 0 bridgehead atoms. The second kappa shape index (κ2) is 9.26. The van der Waals surface area contributed by atoms with E-state index in [0.717, 1.165) is 49.1 Å². The zero-order chi connectivity index (χ0) is 23.7. The number of ether oxygens (including phenoxy) is 3. The van der Waals surface area contributed by atoms with Gasteiger partial charge in [0.1, 0.15) is 22.9 Å². The second-order valence-corrected chi connectivity index (χ2v) is 9.08. The van der Waals surface area contributed by atoms with Crippen molar-refractivity contribution in [3.05, 3.63) is 58.5 Å². The van der Waals surface area contributed by atoms with Crippen molar-refractivity contribution in [2.75, 3.05) is 18.7 Å². The summed E-state index contributed by atoms with van der Waals surface area (Å²) in [4.78, 5) is 28.0. The largest absolute Gasteiger partial charge is 0.466 e. The fourth-order valence-corrected chi connectivity index (χ4v) is 5.04. The van der Waals surface area contributed by atoms with Gasteiger partial charge >= 0.3 is 5.97 Å². The summed E-state index contributed by atoms with van der Waals surface area (Å²) < 4.78 is 16.2. The summed E-state index contributed by atoms with van der Waals surface area (Å²) in [6, 6.07) is 11.8. The predicted octanol–water partition coefficient (Wildman–Crippen LogP) is 4.82. The van der Waals surface area contributed by atoms with E-state index in [4.69, 9.17) is 24.2 Å². The first-order valence-corrected chi connectivity index (χ1v) is 11.9. The van der Waals surface area contributed by atoms with Gasteiger partial charge in [-0.3, -0.25) is 9.78 Å². The van der Waals surface area contributed by atoms with Gasteiger partial charge in [0.25, 0.3) is 0 Å². The molecule has 5 rings (SSSR count). The third-order valence-electron chi connectivity index (χ3n) is 5.43. The minimum absolute atomic E-state index is 0.0114. The number of nitrogens with zero attached hydrogens (tertiary/aromatic N) is 3. The highest BCUT2D eigenvalue weighted by atomic mass is 32.1. The maximum absolute atomic E-state index is 12.1. The van der Waals surface area contributed by atoms with Crippen molar-refractivity contribution in [1.82, 2.24) is 15.0 Å². The fourth-order valence-electron chi connectivity index (χ4n) is 3.98. The van der Waals surface area contributed by atoms with Gasteiger partial charge in [0, 0.05) is 16.1 Å². The van der Waals surface area contributed by atoms with Gasteiger partial charge in [-0.15, -0.1) is 11.3 Å². The van der Waals surface area contributed by atoms with Crippen LogP contribution < -0.4 is 14.8 Å². The Labute approximate surface area is 200 Å². The van der Waals surface area contributed by atoms with Crippen molar-refractivity contribution in [3.8, 4) is 22.6 Å². The number of thiophene rings is 1. The number of pyridine rings is 1. The molecule has 3 aromatic heterocycles. The number of esters is 1.